The van der Waals surface area contributed by atoms with Gasteiger partial charge in [0.15, 0.2) is 0 Å². The minimum atomic E-state index is -1.04. The number of amides is 1. The van der Waals surface area contributed by atoms with Gasteiger partial charge >= 0.3 is 5.97 Å². The number of aromatic nitrogens is 2. The van der Waals surface area contributed by atoms with Gasteiger partial charge in [-0.15, -0.1) is 11.3 Å². The van der Waals surface area contributed by atoms with Crippen LogP contribution in [0.15, 0.2) is 4.79 Å². The maximum atomic E-state index is 12.2. The Balaban J connectivity index is 2.06. The molecule has 1 atom stereocenters. The van der Waals surface area contributed by atoms with E-state index in [1.807, 2.05) is 20.8 Å². The van der Waals surface area contributed by atoms with Crippen molar-refractivity contribution in [2.24, 2.45) is 0 Å². The van der Waals surface area contributed by atoms with Gasteiger partial charge in [0.2, 0.25) is 5.91 Å². The number of H-pyrrole nitrogens is 1. The number of thiophene rings is 1. The first-order valence-electron chi connectivity index (χ1n) is 7.84. The van der Waals surface area contributed by atoms with Crippen molar-refractivity contribution >= 4 is 33.4 Å². The number of carboxylic acid groups (broad SMARTS) is 1. The fraction of sp³-hybridized carbons (Fsp3) is 0.500. The highest BCUT2D eigenvalue weighted by Gasteiger charge is 2.19. The van der Waals surface area contributed by atoms with Crippen LogP contribution < -0.4 is 10.9 Å². The van der Waals surface area contributed by atoms with Crippen molar-refractivity contribution in [3.63, 3.8) is 0 Å². The normalized spacial score (nSPS) is 12.3. The predicted octanol–water partition coefficient (Wildman–Crippen LogP) is 1.90. The lowest BCUT2D eigenvalue weighted by molar-refractivity contribution is -0.142. The third kappa shape index (κ3) is 4.00. The Hall–Kier alpha value is -2.22. The van der Waals surface area contributed by atoms with Gasteiger partial charge in [-0.3, -0.25) is 9.59 Å². The summed E-state index contributed by atoms with van der Waals surface area (Å²) >= 11 is 1.45. The largest absolute Gasteiger partial charge is 0.480 e. The summed E-state index contributed by atoms with van der Waals surface area (Å²) in [7, 11) is 0. The molecular weight excluding hydrogens is 330 g/mol. The lowest BCUT2D eigenvalue weighted by atomic mass is 10.1. The molecule has 0 aliphatic carbocycles. The van der Waals surface area contributed by atoms with E-state index in [-0.39, 0.29) is 24.3 Å². The fourth-order valence-corrected chi connectivity index (χ4v) is 3.51. The summed E-state index contributed by atoms with van der Waals surface area (Å²) in [5, 5.41) is 12.1. The number of carbonyl (C=O) groups is 2. The second kappa shape index (κ2) is 7.57. The monoisotopic (exact) mass is 351 g/mol. The molecule has 3 N–H and O–H groups in total. The average Bonchev–Trinajstić information content (AvgIpc) is 2.79. The molecule has 0 aliphatic heterocycles. The Labute approximate surface area is 143 Å². The molecule has 2 heterocycles. The summed E-state index contributed by atoms with van der Waals surface area (Å²) in [5.41, 5.74) is 0.726. The third-order valence-electron chi connectivity index (χ3n) is 3.89. The number of fused-ring (bicyclic) bond motifs is 1. The standard InChI is InChI=1S/C16H21N3O4S/c1-4-5-10(16(22)23)17-12(20)7-6-11-18-14(21)13-8(2)9(3)24-15(13)19-11/h10H,4-7H2,1-3H3,(H,17,20)(H,22,23)(H,18,19,21). The van der Waals surface area contributed by atoms with Crippen molar-refractivity contribution in [1.29, 1.82) is 0 Å². The Bertz CT molecular complexity index is 825. The Morgan fingerprint density at radius 3 is 2.71 bits per heavy atom. The number of carbonyl (C=O) groups excluding carboxylic acids is 1. The van der Waals surface area contributed by atoms with Gasteiger partial charge in [-0.2, -0.15) is 0 Å². The molecule has 1 amide bonds. The minimum absolute atomic E-state index is 0.0747. The quantitative estimate of drug-likeness (QED) is 0.705. The van der Waals surface area contributed by atoms with Crippen molar-refractivity contribution in [2.45, 2.75) is 52.5 Å². The number of aryl methyl sites for hydroxylation is 3. The van der Waals surface area contributed by atoms with E-state index >= 15 is 0 Å². The summed E-state index contributed by atoms with van der Waals surface area (Å²) in [6.45, 7) is 5.68. The van der Waals surface area contributed by atoms with Gasteiger partial charge in [0.05, 0.1) is 5.39 Å². The van der Waals surface area contributed by atoms with Crippen LogP contribution in [0.5, 0.6) is 0 Å². The van der Waals surface area contributed by atoms with E-state index in [1.54, 1.807) is 0 Å². The van der Waals surface area contributed by atoms with Crippen LogP contribution in [0.2, 0.25) is 0 Å². The van der Waals surface area contributed by atoms with E-state index in [0.29, 0.717) is 28.9 Å². The maximum Gasteiger partial charge on any atom is 0.326 e. The van der Waals surface area contributed by atoms with E-state index in [9.17, 15) is 14.4 Å². The smallest absolute Gasteiger partial charge is 0.326 e. The van der Waals surface area contributed by atoms with Crippen LogP contribution in [0.25, 0.3) is 10.2 Å². The molecule has 130 valence electrons. The number of rotatable bonds is 7. The first kappa shape index (κ1) is 18.1. The van der Waals surface area contributed by atoms with Gasteiger partial charge in [-0.05, 0) is 25.8 Å². The van der Waals surface area contributed by atoms with Gasteiger partial charge < -0.3 is 15.4 Å². The lowest BCUT2D eigenvalue weighted by Gasteiger charge is -2.13. The molecule has 0 bridgehead atoms. The van der Waals surface area contributed by atoms with Crippen LogP contribution in [0.1, 0.15) is 42.5 Å². The summed E-state index contributed by atoms with van der Waals surface area (Å²) < 4.78 is 0. The molecule has 0 aromatic carbocycles. The molecule has 24 heavy (non-hydrogen) atoms. The zero-order valence-electron chi connectivity index (χ0n) is 13.9. The van der Waals surface area contributed by atoms with Crippen molar-refractivity contribution in [3.05, 3.63) is 26.6 Å². The van der Waals surface area contributed by atoms with Gasteiger partial charge in [0.25, 0.3) is 5.56 Å². The molecular formula is C16H21N3O4S. The number of nitrogens with zero attached hydrogens (tertiary/aromatic N) is 1. The molecule has 0 aliphatic rings. The van der Waals surface area contributed by atoms with Gasteiger partial charge in [0, 0.05) is 17.7 Å². The van der Waals surface area contributed by atoms with Crippen molar-refractivity contribution in [1.82, 2.24) is 15.3 Å². The summed E-state index contributed by atoms with van der Waals surface area (Å²) in [5.74, 6) is -0.967. The third-order valence-corrected chi connectivity index (χ3v) is 4.99. The Kier molecular flexibility index (Phi) is 5.71. The zero-order valence-corrected chi connectivity index (χ0v) is 14.7. The number of aromatic amines is 1. The SMILES string of the molecule is CCCC(NC(=O)CCc1nc2sc(C)c(C)c2c(=O)[nH]1)C(=O)O. The first-order valence-corrected chi connectivity index (χ1v) is 8.66. The molecule has 0 saturated heterocycles. The van der Waals surface area contributed by atoms with Crippen LogP contribution in [0.3, 0.4) is 0 Å². The van der Waals surface area contributed by atoms with Gasteiger partial charge in [-0.1, -0.05) is 13.3 Å². The van der Waals surface area contributed by atoms with Crippen molar-refractivity contribution < 1.29 is 14.7 Å². The number of nitrogens with one attached hydrogen (secondary N) is 2. The van der Waals surface area contributed by atoms with Gasteiger partial charge in [0.1, 0.15) is 16.7 Å². The van der Waals surface area contributed by atoms with E-state index < -0.39 is 12.0 Å². The Morgan fingerprint density at radius 1 is 1.38 bits per heavy atom. The highest BCUT2D eigenvalue weighted by Crippen LogP contribution is 2.25. The molecule has 7 nitrogen and oxygen atoms in total. The second-order valence-electron chi connectivity index (χ2n) is 5.72. The molecule has 0 saturated carbocycles. The molecule has 2 rings (SSSR count). The van der Waals surface area contributed by atoms with E-state index in [4.69, 9.17) is 5.11 Å². The number of carboxylic acids is 1. The number of aliphatic carboxylic acids is 1. The lowest BCUT2D eigenvalue weighted by Crippen LogP contribution is -2.40. The molecule has 0 radical (unpaired) electrons. The van der Waals surface area contributed by atoms with Crippen molar-refractivity contribution in [3.8, 4) is 0 Å². The predicted molar refractivity (Wildman–Crippen MR) is 92.5 cm³/mol. The zero-order chi connectivity index (χ0) is 17.9. The average molecular weight is 351 g/mol. The minimum Gasteiger partial charge on any atom is -0.480 e. The maximum absolute atomic E-state index is 12.2. The fourth-order valence-electron chi connectivity index (χ4n) is 2.46. The Morgan fingerprint density at radius 2 is 2.08 bits per heavy atom. The molecule has 1 unspecified atom stereocenters. The second-order valence-corrected chi connectivity index (χ2v) is 6.93. The van der Waals surface area contributed by atoms with Crippen LogP contribution in [-0.2, 0) is 16.0 Å². The van der Waals surface area contributed by atoms with Crippen molar-refractivity contribution in [2.75, 3.05) is 0 Å². The highest BCUT2D eigenvalue weighted by atomic mass is 32.1. The summed E-state index contributed by atoms with van der Waals surface area (Å²) in [6, 6.07) is -0.875. The summed E-state index contributed by atoms with van der Waals surface area (Å²) in [6.07, 6.45) is 1.38. The number of hydrogen-bond acceptors (Lipinski definition) is 5. The van der Waals surface area contributed by atoms with Crippen LogP contribution in [0, 0.1) is 13.8 Å². The molecule has 2 aromatic heterocycles. The molecule has 8 heteroatoms. The summed E-state index contributed by atoms with van der Waals surface area (Å²) in [4.78, 5) is 44.0. The van der Waals surface area contributed by atoms with Crippen LogP contribution in [0.4, 0.5) is 0 Å². The van der Waals surface area contributed by atoms with Gasteiger partial charge in [-0.25, -0.2) is 9.78 Å². The molecule has 2 aromatic rings. The first-order chi connectivity index (χ1) is 11.3. The van der Waals surface area contributed by atoms with Crippen LogP contribution >= 0.6 is 11.3 Å². The van der Waals surface area contributed by atoms with Crippen LogP contribution in [-0.4, -0.2) is 33.0 Å². The highest BCUT2D eigenvalue weighted by molar-refractivity contribution is 7.18. The topological polar surface area (TPSA) is 112 Å². The molecule has 0 fully saturated rings. The van der Waals surface area contributed by atoms with E-state index in [1.165, 1.54) is 11.3 Å². The molecule has 0 spiro atoms. The number of hydrogen-bond donors (Lipinski definition) is 3. The van der Waals surface area contributed by atoms with E-state index in [0.717, 1.165) is 10.4 Å². The van der Waals surface area contributed by atoms with E-state index in [2.05, 4.69) is 15.3 Å².